The number of hydrogen-bond acceptors (Lipinski definition) is 3. The number of halogens is 2. The topological polar surface area (TPSA) is 45.6 Å². The van der Waals surface area contributed by atoms with Crippen LogP contribution in [-0.4, -0.2) is 18.4 Å². The van der Waals surface area contributed by atoms with E-state index in [1.54, 1.807) is 18.3 Å². The number of methoxy groups -OCH3 is 1. The van der Waals surface area contributed by atoms with Crippen molar-refractivity contribution in [2.75, 3.05) is 12.4 Å². The van der Waals surface area contributed by atoms with Crippen LogP contribution < -0.4 is 15.5 Å². The molecule has 2 aromatic rings. The van der Waals surface area contributed by atoms with Gasteiger partial charge in [0, 0.05) is 5.69 Å². The second-order valence-corrected chi connectivity index (χ2v) is 5.43. The summed E-state index contributed by atoms with van der Waals surface area (Å²) >= 11 is 17.2. The minimum atomic E-state index is 0.383. The molecule has 0 spiro atoms. The van der Waals surface area contributed by atoms with Gasteiger partial charge in [0.25, 0.3) is 0 Å². The third kappa shape index (κ3) is 4.59. The molecule has 0 saturated carbocycles. The predicted octanol–water partition coefficient (Wildman–Crippen LogP) is 4.32. The predicted molar refractivity (Wildman–Crippen MR) is 96.4 cm³/mol. The summed E-state index contributed by atoms with van der Waals surface area (Å²) in [6.07, 6.45) is 1.57. The largest absolute Gasteiger partial charge is 0.494 e. The molecule has 0 aromatic heterocycles. The first-order valence-electron chi connectivity index (χ1n) is 6.28. The van der Waals surface area contributed by atoms with Gasteiger partial charge < -0.3 is 10.1 Å². The van der Waals surface area contributed by atoms with Gasteiger partial charge in [0.2, 0.25) is 0 Å². The summed E-state index contributed by atoms with van der Waals surface area (Å²) in [7, 11) is 1.51. The minimum absolute atomic E-state index is 0.383. The Morgan fingerprint density at radius 2 is 1.82 bits per heavy atom. The monoisotopic (exact) mass is 353 g/mol. The summed E-state index contributed by atoms with van der Waals surface area (Å²) in [5, 5.41) is 8.26. The van der Waals surface area contributed by atoms with Crippen molar-refractivity contribution in [2.24, 2.45) is 5.10 Å². The number of para-hydroxylation sites is 1. The zero-order chi connectivity index (χ0) is 15.9. The lowest BCUT2D eigenvalue weighted by Gasteiger charge is -2.07. The van der Waals surface area contributed by atoms with E-state index in [0.717, 1.165) is 11.3 Å². The molecule has 0 aliphatic rings. The van der Waals surface area contributed by atoms with Crippen LogP contribution in [0.3, 0.4) is 0 Å². The number of hydrazone groups is 1. The highest BCUT2D eigenvalue weighted by Crippen LogP contribution is 2.33. The van der Waals surface area contributed by atoms with E-state index in [0.29, 0.717) is 20.9 Å². The zero-order valence-electron chi connectivity index (χ0n) is 11.6. The molecular weight excluding hydrogens is 341 g/mol. The summed E-state index contributed by atoms with van der Waals surface area (Å²) in [5.74, 6) is 0.440. The third-order valence-electron chi connectivity index (χ3n) is 2.64. The van der Waals surface area contributed by atoms with Gasteiger partial charge in [-0.05, 0) is 42.0 Å². The molecule has 0 unspecified atom stereocenters. The second-order valence-electron chi connectivity index (χ2n) is 4.21. The fourth-order valence-corrected chi connectivity index (χ4v) is 2.52. The Kier molecular flexibility index (Phi) is 6.00. The average molecular weight is 354 g/mol. The highest BCUT2D eigenvalue weighted by Gasteiger charge is 2.07. The van der Waals surface area contributed by atoms with Crippen LogP contribution in [0.2, 0.25) is 10.0 Å². The molecule has 2 N–H and O–H groups in total. The van der Waals surface area contributed by atoms with E-state index in [2.05, 4.69) is 15.8 Å². The maximum Gasteiger partial charge on any atom is 0.191 e. The summed E-state index contributed by atoms with van der Waals surface area (Å²) in [6, 6.07) is 13.0. The van der Waals surface area contributed by atoms with Crippen molar-refractivity contribution in [3.05, 3.63) is 58.1 Å². The van der Waals surface area contributed by atoms with Crippen LogP contribution in [0.5, 0.6) is 5.75 Å². The van der Waals surface area contributed by atoms with E-state index in [-0.39, 0.29) is 0 Å². The molecule has 0 heterocycles. The first kappa shape index (κ1) is 16.5. The fourth-order valence-electron chi connectivity index (χ4n) is 1.70. The van der Waals surface area contributed by atoms with Crippen molar-refractivity contribution >= 4 is 52.4 Å². The summed E-state index contributed by atoms with van der Waals surface area (Å²) < 4.78 is 5.09. The molecule has 4 nitrogen and oxygen atoms in total. The molecule has 0 atom stereocenters. The molecule has 22 heavy (non-hydrogen) atoms. The van der Waals surface area contributed by atoms with Crippen molar-refractivity contribution in [1.82, 2.24) is 5.43 Å². The Labute approximate surface area is 144 Å². The van der Waals surface area contributed by atoms with E-state index in [4.69, 9.17) is 40.2 Å². The van der Waals surface area contributed by atoms with Gasteiger partial charge >= 0.3 is 0 Å². The number of rotatable bonds is 4. The van der Waals surface area contributed by atoms with Gasteiger partial charge in [-0.25, -0.2) is 0 Å². The van der Waals surface area contributed by atoms with Crippen LogP contribution in [0, 0.1) is 0 Å². The average Bonchev–Trinajstić information content (AvgIpc) is 2.48. The molecule has 2 rings (SSSR count). The van der Waals surface area contributed by atoms with Crippen LogP contribution in [0.15, 0.2) is 47.6 Å². The first-order chi connectivity index (χ1) is 10.6. The summed E-state index contributed by atoms with van der Waals surface area (Å²) in [4.78, 5) is 0. The number of benzene rings is 2. The van der Waals surface area contributed by atoms with E-state index in [1.807, 2.05) is 30.3 Å². The van der Waals surface area contributed by atoms with Crippen LogP contribution >= 0.6 is 35.4 Å². The fraction of sp³-hybridized carbons (Fsp3) is 0.0667. The molecule has 7 heteroatoms. The van der Waals surface area contributed by atoms with Crippen molar-refractivity contribution in [1.29, 1.82) is 0 Å². The number of thiocarbonyl (C=S) groups is 1. The molecule has 114 valence electrons. The smallest absolute Gasteiger partial charge is 0.191 e. The highest BCUT2D eigenvalue weighted by molar-refractivity contribution is 7.80. The lowest BCUT2D eigenvalue weighted by Crippen LogP contribution is -2.23. The van der Waals surface area contributed by atoms with Gasteiger partial charge in [-0.1, -0.05) is 41.4 Å². The van der Waals surface area contributed by atoms with Gasteiger partial charge in [-0.2, -0.15) is 5.10 Å². The van der Waals surface area contributed by atoms with Crippen LogP contribution in [0.25, 0.3) is 0 Å². The normalized spacial score (nSPS) is 10.5. The van der Waals surface area contributed by atoms with Gasteiger partial charge in [-0.3, -0.25) is 5.43 Å². The minimum Gasteiger partial charge on any atom is -0.494 e. The second kappa shape index (κ2) is 7.98. The number of nitrogens with one attached hydrogen (secondary N) is 2. The van der Waals surface area contributed by atoms with Gasteiger partial charge in [-0.15, -0.1) is 0 Å². The van der Waals surface area contributed by atoms with E-state index in [1.165, 1.54) is 7.11 Å². The molecule has 0 radical (unpaired) electrons. The maximum atomic E-state index is 6.05. The van der Waals surface area contributed by atoms with Crippen molar-refractivity contribution < 1.29 is 4.74 Å². The number of anilines is 1. The molecule has 0 aliphatic heterocycles. The number of nitrogens with zero attached hydrogens (tertiary/aromatic N) is 1. The molecule has 0 aliphatic carbocycles. The Bertz CT molecular complexity index is 669. The van der Waals surface area contributed by atoms with E-state index in [9.17, 15) is 0 Å². The molecule has 0 amide bonds. The summed E-state index contributed by atoms with van der Waals surface area (Å²) in [5.41, 5.74) is 4.33. The quantitative estimate of drug-likeness (QED) is 0.488. The Balaban J connectivity index is 1.96. The van der Waals surface area contributed by atoms with Crippen molar-refractivity contribution in [3.63, 3.8) is 0 Å². The Hall–Kier alpha value is -1.82. The van der Waals surface area contributed by atoms with Crippen LogP contribution in [0.4, 0.5) is 5.69 Å². The molecule has 0 bridgehead atoms. The van der Waals surface area contributed by atoms with E-state index >= 15 is 0 Å². The third-order valence-corrected chi connectivity index (χ3v) is 3.39. The van der Waals surface area contributed by atoms with E-state index < -0.39 is 0 Å². The maximum absolute atomic E-state index is 6.05. The zero-order valence-corrected chi connectivity index (χ0v) is 14.0. The van der Waals surface area contributed by atoms with Crippen LogP contribution in [0.1, 0.15) is 5.56 Å². The molecular formula is C15H13Cl2N3OS. The lowest BCUT2D eigenvalue weighted by molar-refractivity contribution is 0.415. The number of hydrogen-bond donors (Lipinski definition) is 2. The van der Waals surface area contributed by atoms with Gasteiger partial charge in [0.05, 0.1) is 23.4 Å². The molecule has 0 saturated heterocycles. The Morgan fingerprint density at radius 3 is 2.41 bits per heavy atom. The SMILES string of the molecule is COc1c(Cl)cc(/C=N/NC(=S)Nc2ccccc2)cc1Cl. The Morgan fingerprint density at radius 1 is 1.18 bits per heavy atom. The number of ether oxygens (including phenoxy) is 1. The van der Waals surface area contributed by atoms with Gasteiger partial charge in [0.1, 0.15) is 0 Å². The molecule has 2 aromatic carbocycles. The van der Waals surface area contributed by atoms with Crippen LogP contribution in [-0.2, 0) is 0 Å². The van der Waals surface area contributed by atoms with Gasteiger partial charge in [0.15, 0.2) is 10.9 Å². The first-order valence-corrected chi connectivity index (χ1v) is 7.44. The molecule has 0 fully saturated rings. The highest BCUT2D eigenvalue weighted by atomic mass is 35.5. The lowest BCUT2D eigenvalue weighted by atomic mass is 10.2. The van der Waals surface area contributed by atoms with Crippen molar-refractivity contribution in [2.45, 2.75) is 0 Å². The standard InChI is InChI=1S/C15H13Cl2N3OS/c1-21-14-12(16)7-10(8-13(14)17)9-18-20-15(22)19-11-5-3-2-4-6-11/h2-9H,1H3,(H2,19,20,22)/b18-9+. The summed E-state index contributed by atoms with van der Waals surface area (Å²) in [6.45, 7) is 0. The van der Waals surface area contributed by atoms with Crippen molar-refractivity contribution in [3.8, 4) is 5.75 Å².